The van der Waals surface area contributed by atoms with Gasteiger partial charge in [-0.1, -0.05) is 6.92 Å². The van der Waals surface area contributed by atoms with Gasteiger partial charge < -0.3 is 10.1 Å². The summed E-state index contributed by atoms with van der Waals surface area (Å²) in [5.41, 5.74) is 0.557. The third-order valence-electron chi connectivity index (χ3n) is 3.30. The van der Waals surface area contributed by atoms with Gasteiger partial charge in [0.2, 0.25) is 15.9 Å². The molecule has 0 aliphatic carbocycles. The average molecular weight is 358 g/mol. The lowest BCUT2D eigenvalue weighted by Crippen LogP contribution is -2.25. The van der Waals surface area contributed by atoms with Gasteiger partial charge in [-0.2, -0.15) is 0 Å². The van der Waals surface area contributed by atoms with E-state index in [0.717, 1.165) is 4.90 Å². The lowest BCUT2D eigenvalue weighted by atomic mass is 10.3. The van der Waals surface area contributed by atoms with E-state index in [1.165, 1.54) is 6.07 Å². The first kappa shape index (κ1) is 18.3. The Morgan fingerprint density at radius 1 is 1.43 bits per heavy atom. The predicted octanol–water partition coefficient (Wildman–Crippen LogP) is 2.21. The Kier molecular flexibility index (Phi) is 6.46. The molecule has 1 aliphatic heterocycles. The number of carbonyl (C=O) groups is 1. The first-order valence-electron chi connectivity index (χ1n) is 7.60. The second-order valence-electron chi connectivity index (χ2n) is 5.29. The van der Waals surface area contributed by atoms with Crippen LogP contribution in [-0.2, 0) is 19.6 Å². The quantitative estimate of drug-likeness (QED) is 0.730. The van der Waals surface area contributed by atoms with Crippen LogP contribution in [0.5, 0.6) is 0 Å². The fraction of sp³-hybridized carbons (Fsp3) is 0.533. The maximum absolute atomic E-state index is 12.3. The SMILES string of the molecule is CCOCCCNS(=O)(=O)c1ccc2c(c1)NC(=O)CC(C)S2. The van der Waals surface area contributed by atoms with E-state index in [4.69, 9.17) is 4.74 Å². The Labute approximate surface area is 141 Å². The smallest absolute Gasteiger partial charge is 0.240 e. The van der Waals surface area contributed by atoms with Crippen LogP contribution < -0.4 is 10.0 Å². The molecule has 1 aliphatic rings. The summed E-state index contributed by atoms with van der Waals surface area (Å²) < 4.78 is 32.4. The van der Waals surface area contributed by atoms with Crippen molar-refractivity contribution in [2.75, 3.05) is 25.1 Å². The number of hydrogen-bond donors (Lipinski definition) is 2. The number of nitrogens with one attached hydrogen (secondary N) is 2. The van der Waals surface area contributed by atoms with Gasteiger partial charge in [-0.3, -0.25) is 4.79 Å². The Balaban J connectivity index is 2.09. The van der Waals surface area contributed by atoms with E-state index in [1.54, 1.807) is 23.9 Å². The van der Waals surface area contributed by atoms with E-state index in [-0.39, 0.29) is 16.1 Å². The molecule has 0 saturated heterocycles. The van der Waals surface area contributed by atoms with Gasteiger partial charge in [0, 0.05) is 36.3 Å². The molecule has 2 rings (SSSR count). The number of amides is 1. The van der Waals surface area contributed by atoms with Crippen LogP contribution in [0.25, 0.3) is 0 Å². The van der Waals surface area contributed by atoms with Crippen LogP contribution in [0.2, 0.25) is 0 Å². The van der Waals surface area contributed by atoms with E-state index >= 15 is 0 Å². The van der Waals surface area contributed by atoms with Crippen LogP contribution in [0.15, 0.2) is 28.0 Å². The van der Waals surface area contributed by atoms with Gasteiger partial charge in [0.05, 0.1) is 10.6 Å². The molecule has 1 aromatic rings. The summed E-state index contributed by atoms with van der Waals surface area (Å²) >= 11 is 1.57. The molecule has 2 N–H and O–H groups in total. The van der Waals surface area contributed by atoms with Gasteiger partial charge in [-0.15, -0.1) is 11.8 Å². The average Bonchev–Trinajstić information content (AvgIpc) is 2.62. The van der Waals surface area contributed by atoms with Gasteiger partial charge in [0.25, 0.3) is 0 Å². The largest absolute Gasteiger partial charge is 0.382 e. The van der Waals surface area contributed by atoms with Crippen LogP contribution in [-0.4, -0.2) is 39.3 Å². The van der Waals surface area contributed by atoms with Crippen molar-refractivity contribution in [3.05, 3.63) is 18.2 Å². The third kappa shape index (κ3) is 5.20. The highest BCUT2D eigenvalue weighted by atomic mass is 32.2. The molecule has 128 valence electrons. The van der Waals surface area contributed by atoms with Crippen LogP contribution >= 0.6 is 11.8 Å². The minimum absolute atomic E-state index is 0.0945. The zero-order chi connectivity index (χ0) is 16.9. The van der Waals surface area contributed by atoms with E-state index < -0.39 is 10.0 Å². The Bertz CT molecular complexity index is 661. The molecule has 1 heterocycles. The fourth-order valence-electron chi connectivity index (χ4n) is 2.21. The third-order valence-corrected chi connectivity index (χ3v) is 5.94. The summed E-state index contributed by atoms with van der Waals surface area (Å²) in [5.74, 6) is -0.0945. The van der Waals surface area contributed by atoms with E-state index in [1.807, 2.05) is 13.8 Å². The van der Waals surface area contributed by atoms with Crippen LogP contribution in [0, 0.1) is 0 Å². The van der Waals surface area contributed by atoms with Crippen molar-refractivity contribution in [1.82, 2.24) is 4.72 Å². The lowest BCUT2D eigenvalue weighted by molar-refractivity contribution is -0.116. The van der Waals surface area contributed by atoms with Crippen LogP contribution in [0.1, 0.15) is 26.7 Å². The molecular formula is C15H22N2O4S2. The fourth-order valence-corrected chi connectivity index (χ4v) is 4.36. The molecular weight excluding hydrogens is 336 g/mol. The summed E-state index contributed by atoms with van der Waals surface area (Å²) in [4.78, 5) is 12.8. The number of hydrogen-bond acceptors (Lipinski definition) is 5. The van der Waals surface area contributed by atoms with Gasteiger partial charge >= 0.3 is 0 Å². The van der Waals surface area contributed by atoms with Crippen molar-refractivity contribution in [2.45, 2.75) is 41.7 Å². The molecule has 1 atom stereocenters. The van der Waals surface area contributed by atoms with Crippen molar-refractivity contribution < 1.29 is 17.9 Å². The molecule has 0 radical (unpaired) electrons. The number of thioether (sulfide) groups is 1. The van der Waals surface area contributed by atoms with Crippen LogP contribution in [0.4, 0.5) is 5.69 Å². The highest BCUT2D eigenvalue weighted by Crippen LogP contribution is 2.36. The Morgan fingerprint density at radius 2 is 2.22 bits per heavy atom. The monoisotopic (exact) mass is 358 g/mol. The predicted molar refractivity (Wildman–Crippen MR) is 91.3 cm³/mol. The molecule has 1 amide bonds. The molecule has 0 fully saturated rings. The zero-order valence-corrected chi connectivity index (χ0v) is 14.9. The number of fused-ring (bicyclic) bond motifs is 1. The van der Waals surface area contributed by atoms with Gasteiger partial charge in [0.1, 0.15) is 0 Å². The summed E-state index contributed by atoms with van der Waals surface area (Å²) in [7, 11) is -3.59. The molecule has 0 bridgehead atoms. The minimum Gasteiger partial charge on any atom is -0.382 e. The molecule has 8 heteroatoms. The molecule has 6 nitrogen and oxygen atoms in total. The molecule has 0 aromatic heterocycles. The van der Waals surface area contributed by atoms with Crippen LogP contribution in [0.3, 0.4) is 0 Å². The van der Waals surface area contributed by atoms with E-state index in [9.17, 15) is 13.2 Å². The van der Waals surface area contributed by atoms with E-state index in [0.29, 0.717) is 38.3 Å². The zero-order valence-electron chi connectivity index (χ0n) is 13.3. The van der Waals surface area contributed by atoms with Crippen molar-refractivity contribution >= 4 is 33.4 Å². The number of anilines is 1. The van der Waals surface area contributed by atoms with Crippen molar-refractivity contribution in [3.63, 3.8) is 0 Å². The van der Waals surface area contributed by atoms with Gasteiger partial charge in [0.15, 0.2) is 0 Å². The highest BCUT2D eigenvalue weighted by molar-refractivity contribution is 8.00. The molecule has 23 heavy (non-hydrogen) atoms. The highest BCUT2D eigenvalue weighted by Gasteiger charge is 2.21. The van der Waals surface area contributed by atoms with Gasteiger partial charge in [-0.25, -0.2) is 13.1 Å². The van der Waals surface area contributed by atoms with Gasteiger partial charge in [-0.05, 0) is 31.5 Å². The number of rotatable bonds is 7. The van der Waals surface area contributed by atoms with Crippen molar-refractivity contribution in [2.24, 2.45) is 0 Å². The Morgan fingerprint density at radius 3 is 2.96 bits per heavy atom. The van der Waals surface area contributed by atoms with Crippen molar-refractivity contribution in [1.29, 1.82) is 0 Å². The molecule has 0 saturated carbocycles. The number of carbonyl (C=O) groups excluding carboxylic acids is 1. The standard InChI is InChI=1S/C15H22N2O4S2/c1-3-21-8-4-7-16-23(19,20)12-5-6-14-13(10-12)17-15(18)9-11(2)22-14/h5-6,10-11,16H,3-4,7-9H2,1-2H3,(H,17,18). The maximum atomic E-state index is 12.3. The molecule has 0 spiro atoms. The molecule has 1 aromatic carbocycles. The topological polar surface area (TPSA) is 84.5 Å². The van der Waals surface area contributed by atoms with E-state index in [2.05, 4.69) is 10.0 Å². The second-order valence-corrected chi connectivity index (χ2v) is 8.53. The summed E-state index contributed by atoms with van der Waals surface area (Å²) in [6, 6.07) is 4.83. The van der Waals surface area contributed by atoms with Crippen molar-refractivity contribution in [3.8, 4) is 0 Å². The number of sulfonamides is 1. The lowest BCUT2D eigenvalue weighted by Gasteiger charge is -2.11. The normalized spacial score (nSPS) is 18.2. The maximum Gasteiger partial charge on any atom is 0.240 e. The minimum atomic E-state index is -3.59. The summed E-state index contributed by atoms with van der Waals surface area (Å²) in [6.07, 6.45) is 1.03. The molecule has 1 unspecified atom stereocenters. The first-order chi connectivity index (χ1) is 10.9. The summed E-state index contributed by atoms with van der Waals surface area (Å²) in [5, 5.41) is 2.94. The Hall–Kier alpha value is -1.09. The second kappa shape index (κ2) is 8.14. The first-order valence-corrected chi connectivity index (χ1v) is 9.96. The number of benzene rings is 1. The number of ether oxygens (including phenoxy) is 1. The summed E-state index contributed by atoms with van der Waals surface area (Å²) in [6.45, 7) is 5.33.